The first-order valence-corrected chi connectivity index (χ1v) is 6.04. The van der Waals surface area contributed by atoms with Gasteiger partial charge in [0.15, 0.2) is 6.10 Å². The number of aliphatic carboxylic acids is 1. The maximum Gasteiger partial charge on any atom is 0.334 e. The zero-order chi connectivity index (χ0) is 13.1. The largest absolute Gasteiger partial charge is 0.479 e. The highest BCUT2D eigenvalue weighted by Crippen LogP contribution is 2.12. The number of carboxylic acid groups (broad SMARTS) is 1. The summed E-state index contributed by atoms with van der Waals surface area (Å²) in [4.78, 5) is 28.0. The highest BCUT2D eigenvalue weighted by molar-refractivity contribution is 7.09. The monoisotopic (exact) mass is 272 g/mol. The van der Waals surface area contributed by atoms with Crippen LogP contribution in [0.3, 0.4) is 0 Å². The van der Waals surface area contributed by atoms with Gasteiger partial charge < -0.3 is 14.7 Å². The third kappa shape index (κ3) is 2.93. The number of nitrogens with zero attached hydrogens (tertiary/aromatic N) is 3. The van der Waals surface area contributed by atoms with Crippen molar-refractivity contribution in [3.8, 4) is 0 Å². The lowest BCUT2D eigenvalue weighted by atomic mass is 10.3. The minimum Gasteiger partial charge on any atom is -0.479 e. The van der Waals surface area contributed by atoms with Crippen molar-refractivity contribution in [1.82, 2.24) is 14.3 Å². The third-order valence-electron chi connectivity index (χ3n) is 2.37. The molecule has 1 fully saturated rings. The summed E-state index contributed by atoms with van der Waals surface area (Å²) in [5, 5.41) is 11.8. The number of hydrogen-bond donors (Lipinski definition) is 2. The number of carbonyl (C=O) groups is 2. The first kappa shape index (κ1) is 12.7. The summed E-state index contributed by atoms with van der Waals surface area (Å²) in [6.07, 6.45) is -0.972. The van der Waals surface area contributed by atoms with Crippen LogP contribution in [-0.2, 0) is 9.53 Å². The fraction of sp³-hybridized carbons (Fsp3) is 0.556. The highest BCUT2D eigenvalue weighted by atomic mass is 32.1. The van der Waals surface area contributed by atoms with Crippen molar-refractivity contribution in [2.45, 2.75) is 13.0 Å². The number of hydrogen-bond acceptors (Lipinski definition) is 6. The molecule has 1 aromatic heterocycles. The number of amides is 2. The van der Waals surface area contributed by atoms with Crippen LogP contribution >= 0.6 is 11.5 Å². The number of aryl methyl sites for hydroxylation is 1. The molecule has 0 radical (unpaired) electrons. The first-order chi connectivity index (χ1) is 8.56. The van der Waals surface area contributed by atoms with Crippen molar-refractivity contribution in [2.75, 3.05) is 25.0 Å². The number of aromatic nitrogens is 2. The predicted molar refractivity (Wildman–Crippen MR) is 62.6 cm³/mol. The van der Waals surface area contributed by atoms with Gasteiger partial charge in [-0.3, -0.25) is 5.32 Å². The second-order valence-electron chi connectivity index (χ2n) is 3.72. The quantitative estimate of drug-likeness (QED) is 0.794. The SMILES string of the molecule is Cc1nsc(NC(=O)N2CCOC(C(=O)O)C2)n1. The van der Waals surface area contributed by atoms with Crippen LogP contribution in [0.1, 0.15) is 5.82 Å². The van der Waals surface area contributed by atoms with Crippen LogP contribution in [0.15, 0.2) is 0 Å². The molecule has 0 spiro atoms. The number of anilines is 1. The third-order valence-corrected chi connectivity index (χ3v) is 3.09. The molecule has 8 nitrogen and oxygen atoms in total. The molecule has 0 bridgehead atoms. The topological polar surface area (TPSA) is 105 Å². The Kier molecular flexibility index (Phi) is 3.72. The van der Waals surface area contributed by atoms with Crippen LogP contribution < -0.4 is 5.32 Å². The maximum atomic E-state index is 11.9. The average Bonchev–Trinajstić information content (AvgIpc) is 2.75. The van der Waals surface area contributed by atoms with Crippen LogP contribution in [0.2, 0.25) is 0 Å². The summed E-state index contributed by atoms with van der Waals surface area (Å²) >= 11 is 1.08. The number of carboxylic acids is 1. The van der Waals surface area contributed by atoms with Crippen molar-refractivity contribution >= 4 is 28.7 Å². The van der Waals surface area contributed by atoms with E-state index in [2.05, 4.69) is 14.7 Å². The Hall–Kier alpha value is -1.74. The predicted octanol–water partition coefficient (Wildman–Crippen LogP) is 0.164. The van der Waals surface area contributed by atoms with Gasteiger partial charge in [-0.1, -0.05) is 0 Å². The Balaban J connectivity index is 1.94. The lowest BCUT2D eigenvalue weighted by molar-refractivity contribution is -0.154. The van der Waals surface area contributed by atoms with Crippen LogP contribution in [0.25, 0.3) is 0 Å². The molecule has 1 aliphatic rings. The molecule has 1 unspecified atom stereocenters. The molecule has 2 amide bonds. The van der Waals surface area contributed by atoms with E-state index in [4.69, 9.17) is 9.84 Å². The van der Waals surface area contributed by atoms with E-state index in [0.29, 0.717) is 17.5 Å². The smallest absolute Gasteiger partial charge is 0.334 e. The Bertz CT molecular complexity index is 463. The van der Waals surface area contributed by atoms with E-state index >= 15 is 0 Å². The van der Waals surface area contributed by atoms with E-state index in [-0.39, 0.29) is 19.2 Å². The van der Waals surface area contributed by atoms with Gasteiger partial charge in [-0.25, -0.2) is 14.6 Å². The number of carbonyl (C=O) groups excluding carboxylic acids is 1. The molecular weight excluding hydrogens is 260 g/mol. The molecule has 1 aliphatic heterocycles. The summed E-state index contributed by atoms with van der Waals surface area (Å²) < 4.78 is 8.96. The van der Waals surface area contributed by atoms with Gasteiger partial charge in [0, 0.05) is 18.1 Å². The van der Waals surface area contributed by atoms with Gasteiger partial charge in [0.1, 0.15) is 5.82 Å². The van der Waals surface area contributed by atoms with Crippen LogP contribution in [0.5, 0.6) is 0 Å². The number of rotatable bonds is 2. The van der Waals surface area contributed by atoms with Gasteiger partial charge in [-0.15, -0.1) is 0 Å². The Morgan fingerprint density at radius 1 is 1.61 bits per heavy atom. The van der Waals surface area contributed by atoms with E-state index in [0.717, 1.165) is 11.5 Å². The van der Waals surface area contributed by atoms with Crippen LogP contribution in [-0.4, -0.2) is 57.2 Å². The van der Waals surface area contributed by atoms with E-state index in [1.807, 2.05) is 0 Å². The Labute approximate surface area is 107 Å². The molecule has 0 aromatic carbocycles. The highest BCUT2D eigenvalue weighted by Gasteiger charge is 2.29. The molecule has 2 heterocycles. The molecule has 18 heavy (non-hydrogen) atoms. The van der Waals surface area contributed by atoms with Crippen molar-refractivity contribution in [3.05, 3.63) is 5.82 Å². The van der Waals surface area contributed by atoms with Crippen LogP contribution in [0, 0.1) is 6.92 Å². The number of morpholine rings is 1. The molecule has 1 aromatic rings. The summed E-state index contributed by atoms with van der Waals surface area (Å²) in [5.41, 5.74) is 0. The van der Waals surface area contributed by atoms with Gasteiger partial charge in [0.2, 0.25) is 5.13 Å². The molecule has 98 valence electrons. The Morgan fingerprint density at radius 2 is 2.39 bits per heavy atom. The number of urea groups is 1. The van der Waals surface area contributed by atoms with E-state index < -0.39 is 12.1 Å². The van der Waals surface area contributed by atoms with Gasteiger partial charge in [-0.05, 0) is 6.92 Å². The average molecular weight is 272 g/mol. The van der Waals surface area contributed by atoms with E-state index in [9.17, 15) is 9.59 Å². The molecule has 9 heteroatoms. The summed E-state index contributed by atoms with van der Waals surface area (Å²) in [6, 6.07) is -0.388. The lowest BCUT2D eigenvalue weighted by Crippen LogP contribution is -2.49. The standard InChI is InChI=1S/C9H12N4O4S/c1-5-10-8(18-12-5)11-9(16)13-2-3-17-6(4-13)7(14)15/h6H,2-4H2,1H3,(H,14,15)(H,10,11,12,16). The summed E-state index contributed by atoms with van der Waals surface area (Å²) in [7, 11) is 0. The molecular formula is C9H12N4O4S. The molecule has 0 aliphatic carbocycles. The maximum absolute atomic E-state index is 11.9. The zero-order valence-corrected chi connectivity index (χ0v) is 10.4. The Morgan fingerprint density at radius 3 is 3.00 bits per heavy atom. The molecule has 0 saturated carbocycles. The van der Waals surface area contributed by atoms with Gasteiger partial charge in [-0.2, -0.15) is 4.37 Å². The minimum absolute atomic E-state index is 0.0267. The molecule has 2 N–H and O–H groups in total. The van der Waals surface area contributed by atoms with Crippen molar-refractivity contribution < 1.29 is 19.4 Å². The van der Waals surface area contributed by atoms with Gasteiger partial charge >= 0.3 is 12.0 Å². The number of ether oxygens (including phenoxy) is 1. The van der Waals surface area contributed by atoms with E-state index in [1.165, 1.54) is 4.90 Å². The van der Waals surface area contributed by atoms with E-state index in [1.54, 1.807) is 6.92 Å². The zero-order valence-electron chi connectivity index (χ0n) is 9.62. The van der Waals surface area contributed by atoms with Crippen molar-refractivity contribution in [1.29, 1.82) is 0 Å². The van der Waals surface area contributed by atoms with Crippen molar-refractivity contribution in [2.24, 2.45) is 0 Å². The van der Waals surface area contributed by atoms with Crippen molar-refractivity contribution in [3.63, 3.8) is 0 Å². The van der Waals surface area contributed by atoms with Crippen LogP contribution in [0.4, 0.5) is 9.93 Å². The molecule has 1 atom stereocenters. The summed E-state index contributed by atoms with van der Waals surface area (Å²) in [5.74, 6) is -0.486. The second kappa shape index (κ2) is 5.27. The normalized spacial score (nSPS) is 19.6. The summed E-state index contributed by atoms with van der Waals surface area (Å²) in [6.45, 7) is 2.31. The lowest BCUT2D eigenvalue weighted by Gasteiger charge is -2.30. The fourth-order valence-corrected chi connectivity index (χ4v) is 2.07. The second-order valence-corrected chi connectivity index (χ2v) is 4.47. The van der Waals surface area contributed by atoms with Gasteiger partial charge in [0.25, 0.3) is 0 Å². The number of nitrogens with one attached hydrogen (secondary N) is 1. The molecule has 1 saturated heterocycles. The van der Waals surface area contributed by atoms with Gasteiger partial charge in [0.05, 0.1) is 13.2 Å². The minimum atomic E-state index is -1.07. The first-order valence-electron chi connectivity index (χ1n) is 5.27. The molecule has 2 rings (SSSR count). The fourth-order valence-electron chi connectivity index (χ4n) is 1.50.